The third-order valence-electron chi connectivity index (χ3n) is 4.68. The molecule has 1 fully saturated rings. The lowest BCUT2D eigenvalue weighted by molar-refractivity contribution is -0.222. The van der Waals surface area contributed by atoms with Gasteiger partial charge in [-0.15, -0.1) is 11.8 Å². The maximum absolute atomic E-state index is 13.2. The molecule has 11 heteroatoms. The van der Waals surface area contributed by atoms with Gasteiger partial charge in [0.15, 0.2) is 0 Å². The van der Waals surface area contributed by atoms with E-state index in [4.69, 9.17) is 14.2 Å². The Labute approximate surface area is 197 Å². The zero-order chi connectivity index (χ0) is 25.3. The summed E-state index contributed by atoms with van der Waals surface area (Å²) >= 11 is 0.937. The molecule has 3 rings (SSSR count). The van der Waals surface area contributed by atoms with Crippen LogP contribution in [0, 0.1) is 18.3 Å². The fourth-order valence-corrected chi connectivity index (χ4v) is 4.15. The first-order valence-electron chi connectivity index (χ1n) is 9.81. The van der Waals surface area contributed by atoms with Crippen LogP contribution in [0.3, 0.4) is 0 Å². The maximum atomic E-state index is 13.2. The molecule has 2 heterocycles. The molecule has 1 aromatic heterocycles. The zero-order valence-corrected chi connectivity index (χ0v) is 19.4. The Morgan fingerprint density at radius 1 is 1.21 bits per heavy atom. The molecule has 0 unspecified atom stereocenters. The average molecular weight is 492 g/mol. The number of carbonyl (C=O) groups excluding carboxylic acids is 2. The lowest BCUT2D eigenvalue weighted by atomic mass is 10.1. The number of rotatable bonds is 5. The Kier molecular flexibility index (Phi) is 6.93. The molecule has 0 spiro atoms. The third kappa shape index (κ3) is 5.51. The molecule has 1 aliphatic heterocycles. The highest BCUT2D eigenvalue weighted by molar-refractivity contribution is 7.98. The minimum absolute atomic E-state index is 0.0468. The third-order valence-corrected chi connectivity index (χ3v) is 5.71. The van der Waals surface area contributed by atoms with Gasteiger partial charge >= 0.3 is 18.1 Å². The first-order valence-corrected chi connectivity index (χ1v) is 10.8. The number of cyclic esters (lactones) is 2. The molecule has 0 amide bonds. The Balaban J connectivity index is 1.93. The summed E-state index contributed by atoms with van der Waals surface area (Å²) in [5.74, 6) is -2.52. The zero-order valence-electron chi connectivity index (χ0n) is 18.6. The van der Waals surface area contributed by atoms with E-state index in [0.717, 1.165) is 17.8 Å². The number of esters is 2. The number of ether oxygens (including phenoxy) is 3. The summed E-state index contributed by atoms with van der Waals surface area (Å²) in [7, 11) is 1.42. The summed E-state index contributed by atoms with van der Waals surface area (Å²) in [5.41, 5.74) is -0.200. The van der Waals surface area contributed by atoms with E-state index in [1.807, 2.05) is 6.07 Å². The van der Waals surface area contributed by atoms with Crippen LogP contribution in [0.5, 0.6) is 5.75 Å². The summed E-state index contributed by atoms with van der Waals surface area (Å²) in [6.07, 6.45) is -3.36. The molecule has 0 aliphatic carbocycles. The second kappa shape index (κ2) is 9.38. The van der Waals surface area contributed by atoms with Gasteiger partial charge in [-0.2, -0.15) is 18.4 Å². The standard InChI is InChI=1S/C23H19F3N2O5S/c1-12-7-18(23(24,25)26)28-19(16(12)10-27)34-11-14-8-13(5-6-17(14)31-4)9-15-20(29)32-22(2,3)33-21(15)30/h5-9H,11H2,1-4H3. The van der Waals surface area contributed by atoms with Crippen LogP contribution < -0.4 is 4.74 Å². The number of benzene rings is 1. The number of aromatic nitrogens is 1. The molecular weight excluding hydrogens is 473 g/mol. The van der Waals surface area contributed by atoms with Crippen molar-refractivity contribution in [2.75, 3.05) is 7.11 Å². The highest BCUT2D eigenvalue weighted by Crippen LogP contribution is 2.35. The second-order valence-electron chi connectivity index (χ2n) is 7.71. The topological polar surface area (TPSA) is 98.5 Å². The predicted octanol–water partition coefficient (Wildman–Crippen LogP) is 4.80. The highest BCUT2D eigenvalue weighted by atomic mass is 32.2. The summed E-state index contributed by atoms with van der Waals surface area (Å²) < 4.78 is 55.1. The molecule has 0 saturated carbocycles. The molecule has 0 bridgehead atoms. The molecule has 0 N–H and O–H groups in total. The number of halogens is 3. The number of methoxy groups -OCH3 is 1. The van der Waals surface area contributed by atoms with Crippen molar-refractivity contribution in [3.05, 3.63) is 57.8 Å². The van der Waals surface area contributed by atoms with Gasteiger partial charge in [0, 0.05) is 25.2 Å². The molecule has 0 radical (unpaired) electrons. The van der Waals surface area contributed by atoms with Crippen LogP contribution >= 0.6 is 11.8 Å². The Hall–Kier alpha value is -3.52. The smallest absolute Gasteiger partial charge is 0.433 e. The van der Waals surface area contributed by atoms with E-state index in [1.54, 1.807) is 18.2 Å². The Bertz CT molecular complexity index is 1210. The molecule has 1 aliphatic rings. The van der Waals surface area contributed by atoms with Crippen molar-refractivity contribution >= 4 is 29.8 Å². The lowest BCUT2D eigenvalue weighted by Gasteiger charge is -2.29. The molecule has 34 heavy (non-hydrogen) atoms. The van der Waals surface area contributed by atoms with E-state index in [-0.39, 0.29) is 27.5 Å². The quantitative estimate of drug-likeness (QED) is 0.254. The van der Waals surface area contributed by atoms with Gasteiger partial charge in [0.25, 0.3) is 5.79 Å². The van der Waals surface area contributed by atoms with E-state index in [0.29, 0.717) is 16.9 Å². The van der Waals surface area contributed by atoms with Gasteiger partial charge in [-0.3, -0.25) is 0 Å². The summed E-state index contributed by atoms with van der Waals surface area (Å²) in [5, 5.41) is 9.33. The normalized spacial score (nSPS) is 15.3. The van der Waals surface area contributed by atoms with E-state index in [9.17, 15) is 28.0 Å². The van der Waals surface area contributed by atoms with E-state index in [2.05, 4.69) is 4.98 Å². The van der Waals surface area contributed by atoms with Crippen molar-refractivity contribution in [3.8, 4) is 11.8 Å². The van der Waals surface area contributed by atoms with Gasteiger partial charge < -0.3 is 14.2 Å². The van der Waals surface area contributed by atoms with Gasteiger partial charge in [-0.1, -0.05) is 6.07 Å². The summed E-state index contributed by atoms with van der Waals surface area (Å²) in [6, 6.07) is 7.51. The Morgan fingerprint density at radius 2 is 1.85 bits per heavy atom. The van der Waals surface area contributed by atoms with Crippen molar-refractivity contribution in [3.63, 3.8) is 0 Å². The van der Waals surface area contributed by atoms with Gasteiger partial charge in [0.2, 0.25) is 0 Å². The molecule has 7 nitrogen and oxygen atoms in total. The van der Waals surface area contributed by atoms with Crippen LogP contribution in [0.15, 0.2) is 34.9 Å². The number of carbonyl (C=O) groups is 2. The monoisotopic (exact) mass is 492 g/mol. The van der Waals surface area contributed by atoms with E-state index in [1.165, 1.54) is 34.0 Å². The number of hydrogen-bond donors (Lipinski definition) is 0. The van der Waals surface area contributed by atoms with Crippen LogP contribution in [-0.2, 0) is 31.0 Å². The summed E-state index contributed by atoms with van der Waals surface area (Å²) in [4.78, 5) is 28.1. The van der Waals surface area contributed by atoms with Crippen LogP contribution in [0.4, 0.5) is 13.2 Å². The van der Waals surface area contributed by atoms with E-state index >= 15 is 0 Å². The molecule has 2 aromatic rings. The van der Waals surface area contributed by atoms with Gasteiger partial charge in [-0.25, -0.2) is 14.6 Å². The Morgan fingerprint density at radius 3 is 2.41 bits per heavy atom. The summed E-state index contributed by atoms with van der Waals surface area (Å²) in [6.45, 7) is 4.28. The van der Waals surface area contributed by atoms with Crippen molar-refractivity contribution in [2.24, 2.45) is 0 Å². The second-order valence-corrected chi connectivity index (χ2v) is 8.67. The number of pyridine rings is 1. The number of aryl methyl sites for hydroxylation is 1. The minimum Gasteiger partial charge on any atom is -0.496 e. The minimum atomic E-state index is -4.66. The van der Waals surface area contributed by atoms with Gasteiger partial charge in [0.1, 0.15) is 28.1 Å². The number of hydrogen-bond acceptors (Lipinski definition) is 8. The lowest BCUT2D eigenvalue weighted by Crippen LogP contribution is -2.41. The maximum Gasteiger partial charge on any atom is 0.433 e. The number of nitrogens with zero attached hydrogens (tertiary/aromatic N) is 2. The van der Waals surface area contributed by atoms with Crippen molar-refractivity contribution in [1.82, 2.24) is 4.98 Å². The average Bonchev–Trinajstić information content (AvgIpc) is 2.73. The van der Waals surface area contributed by atoms with E-state index < -0.39 is 29.6 Å². The number of thioether (sulfide) groups is 1. The molecule has 1 aromatic carbocycles. The molecular formula is C23H19F3N2O5S. The van der Waals surface area contributed by atoms with Crippen molar-refractivity contribution in [1.29, 1.82) is 5.26 Å². The molecule has 178 valence electrons. The fourth-order valence-electron chi connectivity index (χ4n) is 3.12. The predicted molar refractivity (Wildman–Crippen MR) is 115 cm³/mol. The van der Waals surface area contributed by atoms with Gasteiger partial charge in [0.05, 0.1) is 12.7 Å². The molecule has 0 atom stereocenters. The highest BCUT2D eigenvalue weighted by Gasteiger charge is 2.39. The van der Waals surface area contributed by atoms with Crippen molar-refractivity contribution in [2.45, 2.75) is 43.5 Å². The molecule has 1 saturated heterocycles. The van der Waals surface area contributed by atoms with Crippen LogP contribution in [0.25, 0.3) is 6.08 Å². The van der Waals surface area contributed by atoms with Crippen LogP contribution in [0.2, 0.25) is 0 Å². The fraction of sp³-hybridized carbons (Fsp3) is 0.304. The van der Waals surface area contributed by atoms with Crippen LogP contribution in [-0.4, -0.2) is 29.8 Å². The van der Waals surface area contributed by atoms with Gasteiger partial charge in [-0.05, 0) is 42.3 Å². The van der Waals surface area contributed by atoms with Crippen molar-refractivity contribution < 1.29 is 37.0 Å². The van der Waals surface area contributed by atoms with Crippen LogP contribution in [0.1, 0.15) is 41.8 Å². The SMILES string of the molecule is COc1ccc(C=C2C(=O)OC(C)(C)OC2=O)cc1CSc1nc(C(F)(F)F)cc(C)c1C#N. The first-order chi connectivity index (χ1) is 15.8. The number of nitriles is 1. The first kappa shape index (κ1) is 25.1. The number of alkyl halides is 3. The largest absolute Gasteiger partial charge is 0.496 e.